The lowest BCUT2D eigenvalue weighted by Crippen LogP contribution is -2.68. The molecule has 0 amide bonds. The van der Waals surface area contributed by atoms with Gasteiger partial charge in [0, 0.05) is 23.9 Å². The van der Waals surface area contributed by atoms with Crippen molar-refractivity contribution < 1.29 is 36.4 Å². The highest BCUT2D eigenvalue weighted by molar-refractivity contribution is 5.77. The van der Waals surface area contributed by atoms with Gasteiger partial charge in [0.15, 0.2) is 12.1 Å². The molecule has 8 nitrogen and oxygen atoms in total. The number of carboxylic acids is 2. The molecule has 0 saturated carbocycles. The van der Waals surface area contributed by atoms with E-state index in [0.717, 1.165) is 12.0 Å². The average molecular weight is 454 g/mol. The number of anilines is 1. The number of nitrogens with zero attached hydrogens (tertiary/aromatic N) is 1. The van der Waals surface area contributed by atoms with Gasteiger partial charge in [0.1, 0.15) is 0 Å². The number of aliphatic carboxylic acids is 2. The minimum atomic E-state index is -1.33. The molecule has 0 radical (unpaired) electrons. The molecule has 0 aromatic heterocycles. The monoisotopic (exact) mass is 453 g/mol. The summed E-state index contributed by atoms with van der Waals surface area (Å²) in [5.41, 5.74) is 11.4. The molecule has 3 aromatic carbocycles. The summed E-state index contributed by atoms with van der Waals surface area (Å²) in [6.07, 6.45) is 0. The van der Waals surface area contributed by atoms with E-state index < -0.39 is 25.0 Å². The second-order valence-corrected chi connectivity index (χ2v) is 6.97. The van der Waals surface area contributed by atoms with Crippen molar-refractivity contribution in [2.75, 3.05) is 25.1 Å². The van der Waals surface area contributed by atoms with Crippen LogP contribution in [0, 0.1) is 0 Å². The van der Waals surface area contributed by atoms with E-state index in [0.29, 0.717) is 5.69 Å². The zero-order valence-electron chi connectivity index (χ0n) is 18.7. The molecular weight excluding hydrogens is 422 g/mol. The lowest BCUT2D eigenvalue weighted by Gasteiger charge is -2.25. The van der Waals surface area contributed by atoms with Crippen molar-refractivity contribution in [3.63, 3.8) is 0 Å². The van der Waals surface area contributed by atoms with E-state index in [1.54, 1.807) is 30.3 Å². The van der Waals surface area contributed by atoms with Gasteiger partial charge in [-0.15, -0.1) is 0 Å². The van der Waals surface area contributed by atoms with Crippen molar-refractivity contribution in [1.82, 2.24) is 0 Å². The third-order valence-electron chi connectivity index (χ3n) is 4.70. The Hall–Kier alpha value is -3.72. The molecule has 0 unspecified atom stereocenters. The molecule has 3 rings (SSSR count). The van der Waals surface area contributed by atoms with Crippen LogP contribution in [0.2, 0.25) is 0 Å². The molecule has 176 valence electrons. The SMILES string of the molecule is CO.O=C([O-])CN(CC(=O)[O-])c1ccccc1.[NH3+][C@@H](c1ccccc1)[C@@H]([NH3+])c1ccccc1. The minimum Gasteiger partial charge on any atom is -0.548 e. The summed E-state index contributed by atoms with van der Waals surface area (Å²) in [5.74, 6) is -2.67. The number of quaternary nitrogens is 2. The fraction of sp³-hybridized carbons (Fsp3) is 0.200. The number of aliphatic hydroxyl groups excluding tert-OH is 1. The normalized spacial score (nSPS) is 11.5. The van der Waals surface area contributed by atoms with E-state index in [-0.39, 0.29) is 12.1 Å². The zero-order chi connectivity index (χ0) is 24.6. The summed E-state index contributed by atoms with van der Waals surface area (Å²) >= 11 is 0. The van der Waals surface area contributed by atoms with Gasteiger partial charge in [-0.25, -0.2) is 0 Å². The molecule has 0 saturated heterocycles. The van der Waals surface area contributed by atoms with Crippen LogP contribution in [0.4, 0.5) is 5.69 Å². The Bertz CT molecular complexity index is 881. The van der Waals surface area contributed by atoms with Crippen molar-refractivity contribution in [2.45, 2.75) is 12.1 Å². The van der Waals surface area contributed by atoms with Crippen LogP contribution in [0.25, 0.3) is 0 Å². The number of aliphatic hydroxyl groups is 1. The van der Waals surface area contributed by atoms with Crippen LogP contribution in [0.1, 0.15) is 23.2 Å². The molecule has 8 heteroatoms. The van der Waals surface area contributed by atoms with Crippen molar-refractivity contribution in [2.24, 2.45) is 0 Å². The smallest absolute Gasteiger partial charge is 0.167 e. The molecule has 0 fully saturated rings. The Morgan fingerprint density at radius 3 is 1.30 bits per heavy atom. The molecule has 0 aliphatic carbocycles. The van der Waals surface area contributed by atoms with E-state index in [1.165, 1.54) is 11.1 Å². The molecule has 0 aliphatic rings. The van der Waals surface area contributed by atoms with Gasteiger partial charge in [-0.3, -0.25) is 0 Å². The van der Waals surface area contributed by atoms with Gasteiger partial charge in [-0.1, -0.05) is 78.9 Å². The maximum atomic E-state index is 10.4. The molecule has 7 N–H and O–H groups in total. The van der Waals surface area contributed by atoms with Gasteiger partial charge < -0.3 is 41.3 Å². The van der Waals surface area contributed by atoms with Crippen LogP contribution < -0.4 is 26.6 Å². The number of carbonyl (C=O) groups is 2. The maximum Gasteiger partial charge on any atom is 0.167 e. The summed E-state index contributed by atoms with van der Waals surface area (Å²) in [6.45, 7) is -0.948. The summed E-state index contributed by atoms with van der Waals surface area (Å²) in [7, 11) is 1.00. The first-order valence-electron chi connectivity index (χ1n) is 10.3. The molecule has 0 bridgehead atoms. The standard InChI is InChI=1S/C14H16N2.C10H11NO4.CH4O/c15-13(11-7-3-1-4-8-11)14(16)12-9-5-2-6-10-12;12-9(13)6-11(7-10(14)15)8-4-2-1-3-5-8;1-2/h1-10,13-14H,15-16H2;1-5H,6-7H2,(H,12,13)(H,14,15);2H,1H3/t13-,14-;;/m0../s1. The molecule has 33 heavy (non-hydrogen) atoms. The van der Waals surface area contributed by atoms with E-state index in [4.69, 9.17) is 5.11 Å². The van der Waals surface area contributed by atoms with Crippen LogP contribution in [-0.4, -0.2) is 37.2 Å². The van der Waals surface area contributed by atoms with Gasteiger partial charge in [0.25, 0.3) is 0 Å². The van der Waals surface area contributed by atoms with Crippen molar-refractivity contribution in [3.05, 3.63) is 102 Å². The third kappa shape index (κ3) is 9.96. The first-order chi connectivity index (χ1) is 15.9. The molecular formula is C25H31N3O5. The quantitative estimate of drug-likeness (QED) is 0.379. The number of para-hydroxylation sites is 1. The number of hydrogen-bond donors (Lipinski definition) is 3. The Morgan fingerprint density at radius 1 is 0.697 bits per heavy atom. The maximum absolute atomic E-state index is 10.4. The van der Waals surface area contributed by atoms with Crippen LogP contribution >= 0.6 is 0 Å². The summed E-state index contributed by atoms with van der Waals surface area (Å²) in [5, 5.41) is 27.8. The number of benzene rings is 3. The Balaban J connectivity index is 0.000000308. The molecule has 0 heterocycles. The predicted octanol–water partition coefficient (Wildman–Crippen LogP) is -1.45. The summed E-state index contributed by atoms with van der Waals surface area (Å²) in [4.78, 5) is 22.0. The molecule has 2 atom stereocenters. The fourth-order valence-electron chi connectivity index (χ4n) is 3.05. The minimum absolute atomic E-state index is 0.198. The first-order valence-corrected chi connectivity index (χ1v) is 10.3. The van der Waals surface area contributed by atoms with Crippen LogP contribution in [0.15, 0.2) is 91.0 Å². The number of carbonyl (C=O) groups excluding carboxylic acids is 2. The molecule has 0 spiro atoms. The van der Waals surface area contributed by atoms with Crippen molar-refractivity contribution in [3.8, 4) is 0 Å². The predicted molar refractivity (Wildman–Crippen MR) is 121 cm³/mol. The van der Waals surface area contributed by atoms with Gasteiger partial charge in [0.2, 0.25) is 0 Å². The second kappa shape index (κ2) is 15.1. The number of hydrogen-bond acceptors (Lipinski definition) is 6. The molecule has 3 aromatic rings. The number of rotatable bonds is 8. The van der Waals surface area contributed by atoms with Crippen LogP contribution in [0.3, 0.4) is 0 Å². The third-order valence-corrected chi connectivity index (χ3v) is 4.70. The Kier molecular flexibility index (Phi) is 12.5. The highest BCUT2D eigenvalue weighted by Gasteiger charge is 2.23. The number of carboxylic acid groups (broad SMARTS) is 2. The average Bonchev–Trinajstić information content (AvgIpc) is 2.85. The summed E-state index contributed by atoms with van der Waals surface area (Å²) < 4.78 is 0. The van der Waals surface area contributed by atoms with Crippen LogP contribution in [-0.2, 0) is 9.59 Å². The van der Waals surface area contributed by atoms with Gasteiger partial charge in [0.05, 0.1) is 25.0 Å². The van der Waals surface area contributed by atoms with Gasteiger partial charge >= 0.3 is 0 Å². The lowest BCUT2D eigenvalue weighted by atomic mass is 9.95. The topological polar surface area (TPSA) is 159 Å². The Morgan fingerprint density at radius 2 is 1.00 bits per heavy atom. The first kappa shape index (κ1) is 27.3. The van der Waals surface area contributed by atoms with E-state index in [9.17, 15) is 19.8 Å². The fourth-order valence-corrected chi connectivity index (χ4v) is 3.05. The lowest BCUT2D eigenvalue weighted by molar-refractivity contribution is -0.540. The van der Waals surface area contributed by atoms with Crippen molar-refractivity contribution in [1.29, 1.82) is 0 Å². The Labute approximate surface area is 193 Å². The van der Waals surface area contributed by atoms with E-state index in [2.05, 4.69) is 35.7 Å². The van der Waals surface area contributed by atoms with E-state index >= 15 is 0 Å². The zero-order valence-corrected chi connectivity index (χ0v) is 18.7. The van der Waals surface area contributed by atoms with Crippen molar-refractivity contribution >= 4 is 17.6 Å². The van der Waals surface area contributed by atoms with Crippen LogP contribution in [0.5, 0.6) is 0 Å². The summed E-state index contributed by atoms with van der Waals surface area (Å²) in [6, 6.07) is 29.4. The second-order valence-electron chi connectivity index (χ2n) is 6.97. The largest absolute Gasteiger partial charge is 0.548 e. The highest BCUT2D eigenvalue weighted by Crippen LogP contribution is 2.20. The van der Waals surface area contributed by atoms with Gasteiger partial charge in [-0.05, 0) is 12.1 Å². The van der Waals surface area contributed by atoms with Gasteiger partial charge in [-0.2, -0.15) is 0 Å². The molecule has 0 aliphatic heterocycles. The highest BCUT2D eigenvalue weighted by atomic mass is 16.4. The van der Waals surface area contributed by atoms with E-state index in [1.807, 2.05) is 36.4 Å².